The summed E-state index contributed by atoms with van der Waals surface area (Å²) >= 11 is 4.32. The fourth-order valence-corrected chi connectivity index (χ4v) is 1.10. The molecule has 3 nitrogen and oxygen atoms in total. The van der Waals surface area contributed by atoms with Crippen LogP contribution in [-0.2, 0) is 15.5 Å². The molecule has 0 bridgehead atoms. The van der Waals surface area contributed by atoms with Crippen molar-refractivity contribution in [1.29, 1.82) is 0 Å². The van der Waals surface area contributed by atoms with Crippen LogP contribution >= 0.6 is 11.9 Å². The molecule has 1 atom stereocenters. The van der Waals surface area contributed by atoms with E-state index in [9.17, 15) is 0 Å². The maximum atomic E-state index is 8.82. The number of benzene rings is 1. The first-order chi connectivity index (χ1) is 9.37. The molecule has 1 unspecified atom stereocenters. The molecule has 0 amide bonds. The fraction of sp³-hybridized carbons (Fsp3) is 0.438. The van der Waals surface area contributed by atoms with Gasteiger partial charge in [-0.2, -0.15) is 0 Å². The Hall–Kier alpha value is -1.32. The van der Waals surface area contributed by atoms with E-state index in [0.29, 0.717) is 0 Å². The molecule has 0 aliphatic carbocycles. The molecule has 0 aliphatic rings. The fourth-order valence-electron chi connectivity index (χ4n) is 1.10. The highest BCUT2D eigenvalue weighted by Crippen LogP contribution is 2.04. The minimum absolute atomic E-state index is 0.140. The van der Waals surface area contributed by atoms with Gasteiger partial charge in [0.05, 0.1) is 0 Å². The van der Waals surface area contributed by atoms with Crippen molar-refractivity contribution < 1.29 is 9.08 Å². The van der Waals surface area contributed by atoms with Gasteiger partial charge in [0.1, 0.15) is 11.9 Å². The molecule has 0 saturated carbocycles. The highest BCUT2D eigenvalue weighted by Gasteiger charge is 1.95. The zero-order chi connectivity index (χ0) is 16.0. The summed E-state index contributed by atoms with van der Waals surface area (Å²) < 4.78 is 3.33. The van der Waals surface area contributed by atoms with E-state index in [4.69, 9.17) is 10.5 Å². The molecule has 0 saturated heterocycles. The third-order valence-electron chi connectivity index (χ3n) is 2.32. The van der Waals surface area contributed by atoms with Crippen molar-refractivity contribution in [1.82, 2.24) is 0 Å². The van der Waals surface area contributed by atoms with Crippen LogP contribution < -0.4 is 5.73 Å². The Morgan fingerprint density at radius 2 is 1.85 bits per heavy atom. The lowest BCUT2D eigenvalue weighted by molar-refractivity contribution is -0.120. The Kier molecular flexibility index (Phi) is 14.8. The van der Waals surface area contributed by atoms with Crippen molar-refractivity contribution >= 4 is 18.3 Å². The van der Waals surface area contributed by atoms with Crippen LogP contribution in [0.15, 0.2) is 36.4 Å². The van der Waals surface area contributed by atoms with Crippen molar-refractivity contribution in [2.24, 2.45) is 5.73 Å². The van der Waals surface area contributed by atoms with E-state index in [2.05, 4.69) is 60.8 Å². The molecule has 0 heterocycles. The number of halogens is 1. The van der Waals surface area contributed by atoms with Gasteiger partial charge in [-0.3, -0.25) is 4.79 Å². The molecular weight excluding hydrogens is 274 g/mol. The zero-order valence-corrected chi connectivity index (χ0v) is 13.6. The lowest BCUT2D eigenvalue weighted by Gasteiger charge is -2.04. The third kappa shape index (κ3) is 16.7. The largest absolute Gasteiger partial charge is 0.350 e. The predicted molar refractivity (Wildman–Crippen MR) is 86.6 cm³/mol. The number of nitrogens with two attached hydrogens (primary N) is 1. The van der Waals surface area contributed by atoms with Crippen LogP contribution in [0.5, 0.6) is 0 Å². The van der Waals surface area contributed by atoms with E-state index < -0.39 is 0 Å². The summed E-state index contributed by atoms with van der Waals surface area (Å²) in [6.45, 7) is 12.1. The highest BCUT2D eigenvalue weighted by atomic mass is 35.5. The van der Waals surface area contributed by atoms with Crippen molar-refractivity contribution in [2.45, 2.75) is 46.6 Å². The standard InChI is InChI=1S/C10H15N.C5H10.CHClO2/c1-8-3-5-10(6-4-8)7-9(2)11;1-4-5(2)3;2-4-1-3/h3-6,9H,7,11H2,1-2H3;2,4H2,1,3H3;1H. The minimum atomic E-state index is 0.140. The first-order valence-corrected chi connectivity index (χ1v) is 6.84. The van der Waals surface area contributed by atoms with Gasteiger partial charge in [-0.1, -0.05) is 42.3 Å². The van der Waals surface area contributed by atoms with Crippen molar-refractivity contribution in [3.63, 3.8) is 0 Å². The number of rotatable bonds is 4. The number of allylic oxidation sites excluding steroid dienone is 1. The van der Waals surface area contributed by atoms with Crippen LogP contribution in [0.3, 0.4) is 0 Å². The van der Waals surface area contributed by atoms with E-state index in [1.165, 1.54) is 16.7 Å². The number of aryl methyl sites for hydroxylation is 1. The second-order valence-corrected chi connectivity index (χ2v) is 4.84. The smallest absolute Gasteiger partial charge is 0.312 e. The van der Waals surface area contributed by atoms with Gasteiger partial charge in [-0.15, -0.1) is 6.58 Å². The normalized spacial score (nSPS) is 10.1. The lowest BCUT2D eigenvalue weighted by Crippen LogP contribution is -2.17. The van der Waals surface area contributed by atoms with Gasteiger partial charge in [0.15, 0.2) is 0 Å². The van der Waals surface area contributed by atoms with Crippen LogP contribution in [0, 0.1) is 6.92 Å². The second-order valence-electron chi connectivity index (χ2n) is 4.66. The summed E-state index contributed by atoms with van der Waals surface area (Å²) in [5.74, 6) is 0. The van der Waals surface area contributed by atoms with Gasteiger partial charge < -0.3 is 10.0 Å². The van der Waals surface area contributed by atoms with E-state index in [-0.39, 0.29) is 12.5 Å². The summed E-state index contributed by atoms with van der Waals surface area (Å²) in [5, 5.41) is 0. The average molecular weight is 300 g/mol. The van der Waals surface area contributed by atoms with Crippen molar-refractivity contribution in [2.75, 3.05) is 0 Å². The molecule has 0 spiro atoms. The first-order valence-electron chi connectivity index (χ1n) is 6.53. The first kappa shape index (κ1) is 21.0. The van der Waals surface area contributed by atoms with Gasteiger partial charge in [0.2, 0.25) is 0 Å². The Morgan fingerprint density at radius 3 is 2.10 bits per heavy atom. The van der Waals surface area contributed by atoms with Crippen LogP contribution in [0.4, 0.5) is 0 Å². The summed E-state index contributed by atoms with van der Waals surface area (Å²) in [6, 6.07) is 8.78. The third-order valence-corrected chi connectivity index (χ3v) is 2.39. The highest BCUT2D eigenvalue weighted by molar-refractivity contribution is 6.10. The average Bonchev–Trinajstić information content (AvgIpc) is 2.42. The topological polar surface area (TPSA) is 52.3 Å². The van der Waals surface area contributed by atoms with Crippen LogP contribution in [0.1, 0.15) is 38.3 Å². The van der Waals surface area contributed by atoms with Crippen LogP contribution in [0.2, 0.25) is 0 Å². The van der Waals surface area contributed by atoms with Gasteiger partial charge in [0.25, 0.3) is 0 Å². The predicted octanol–water partition coefficient (Wildman–Crippen LogP) is 4.17. The number of hydrogen-bond donors (Lipinski definition) is 1. The summed E-state index contributed by atoms with van der Waals surface area (Å²) in [6.07, 6.45) is 2.08. The summed E-state index contributed by atoms with van der Waals surface area (Å²) in [4.78, 5) is 8.82. The summed E-state index contributed by atoms with van der Waals surface area (Å²) in [7, 11) is 0. The molecule has 2 N–H and O–H groups in total. The summed E-state index contributed by atoms with van der Waals surface area (Å²) in [5.41, 5.74) is 9.55. The Balaban J connectivity index is 0. The molecule has 1 aromatic carbocycles. The SMILES string of the molecule is C=C(C)CC.Cc1ccc(CC(C)N)cc1.O=COCl. The molecule has 1 aromatic rings. The Labute approximate surface area is 127 Å². The molecule has 0 fully saturated rings. The van der Waals surface area contributed by atoms with Gasteiger partial charge in [0, 0.05) is 6.04 Å². The quantitative estimate of drug-likeness (QED) is 0.670. The van der Waals surface area contributed by atoms with E-state index in [1.54, 1.807) is 0 Å². The molecule has 0 aromatic heterocycles. The molecule has 114 valence electrons. The molecule has 20 heavy (non-hydrogen) atoms. The maximum Gasteiger partial charge on any atom is 0.312 e. The van der Waals surface area contributed by atoms with Crippen molar-refractivity contribution in [3.05, 3.63) is 47.5 Å². The number of carbonyl (C=O) groups excluding carboxylic acids is 1. The molecular formula is C16H26ClNO2. The second kappa shape index (κ2) is 14.1. The van der Waals surface area contributed by atoms with Crippen molar-refractivity contribution in [3.8, 4) is 0 Å². The minimum Gasteiger partial charge on any atom is -0.350 e. The van der Waals surface area contributed by atoms with Gasteiger partial charge in [-0.25, -0.2) is 0 Å². The van der Waals surface area contributed by atoms with Gasteiger partial charge in [-0.05, 0) is 39.2 Å². The van der Waals surface area contributed by atoms with Crippen LogP contribution in [-0.4, -0.2) is 12.5 Å². The zero-order valence-electron chi connectivity index (χ0n) is 12.9. The van der Waals surface area contributed by atoms with E-state index in [0.717, 1.165) is 12.8 Å². The monoisotopic (exact) mass is 299 g/mol. The van der Waals surface area contributed by atoms with Gasteiger partial charge >= 0.3 is 6.47 Å². The Morgan fingerprint density at radius 1 is 1.45 bits per heavy atom. The van der Waals surface area contributed by atoms with Crippen LogP contribution in [0.25, 0.3) is 0 Å². The molecule has 0 radical (unpaired) electrons. The lowest BCUT2D eigenvalue weighted by atomic mass is 10.1. The number of carbonyl (C=O) groups is 1. The van der Waals surface area contributed by atoms with E-state index >= 15 is 0 Å². The molecule has 4 heteroatoms. The molecule has 0 aliphatic heterocycles. The van der Waals surface area contributed by atoms with E-state index in [1.807, 2.05) is 13.8 Å². The molecule has 1 rings (SSSR count). The number of hydrogen-bond acceptors (Lipinski definition) is 3. The maximum absolute atomic E-state index is 8.82. The Bertz CT molecular complexity index is 361.